The molecular formula is C14H12ClN2O3S-. The van der Waals surface area contributed by atoms with Gasteiger partial charge in [-0.3, -0.25) is 4.79 Å². The maximum atomic E-state index is 12.2. The summed E-state index contributed by atoms with van der Waals surface area (Å²) in [7, 11) is -3.85. The van der Waals surface area contributed by atoms with Crippen LogP contribution in [0.15, 0.2) is 53.4 Å². The third-order valence-corrected chi connectivity index (χ3v) is 4.17. The molecule has 2 aromatic carbocycles. The maximum absolute atomic E-state index is 12.2. The Morgan fingerprint density at radius 1 is 1.10 bits per heavy atom. The van der Waals surface area contributed by atoms with Crippen molar-refractivity contribution in [2.75, 3.05) is 5.32 Å². The lowest BCUT2D eigenvalue weighted by atomic mass is 10.3. The van der Waals surface area contributed by atoms with Crippen LogP contribution in [0.2, 0.25) is 5.02 Å². The summed E-state index contributed by atoms with van der Waals surface area (Å²) in [6.45, 7) is 1.37. The number of halogens is 1. The Kier molecular flexibility index (Phi) is 4.50. The molecule has 0 radical (unpaired) electrons. The molecule has 2 aromatic rings. The van der Waals surface area contributed by atoms with Crippen LogP contribution >= 0.6 is 11.6 Å². The first kappa shape index (κ1) is 15.3. The highest BCUT2D eigenvalue weighted by molar-refractivity contribution is 7.94. The zero-order chi connectivity index (χ0) is 15.5. The second kappa shape index (κ2) is 6.15. The minimum atomic E-state index is -3.85. The summed E-state index contributed by atoms with van der Waals surface area (Å²) >= 11 is 5.89. The molecule has 5 nitrogen and oxygen atoms in total. The van der Waals surface area contributed by atoms with Crippen molar-refractivity contribution in [3.63, 3.8) is 0 Å². The largest absolute Gasteiger partial charge is 0.572 e. The molecule has 0 aliphatic rings. The fourth-order valence-electron chi connectivity index (χ4n) is 1.62. The van der Waals surface area contributed by atoms with Crippen molar-refractivity contribution in [1.82, 2.24) is 0 Å². The van der Waals surface area contributed by atoms with Gasteiger partial charge in [-0.05, 0) is 30.3 Å². The fraction of sp³-hybridized carbons (Fsp3) is 0.0714. The molecule has 0 aliphatic heterocycles. The molecule has 0 aliphatic carbocycles. The van der Waals surface area contributed by atoms with Gasteiger partial charge in [0.25, 0.3) is 0 Å². The van der Waals surface area contributed by atoms with Gasteiger partial charge in [-0.2, -0.15) is 0 Å². The van der Waals surface area contributed by atoms with E-state index in [4.69, 9.17) is 11.6 Å². The molecule has 0 saturated heterocycles. The Labute approximate surface area is 128 Å². The molecule has 110 valence electrons. The summed E-state index contributed by atoms with van der Waals surface area (Å²) in [5.74, 6) is -0.230. The molecule has 0 unspecified atom stereocenters. The van der Waals surface area contributed by atoms with E-state index in [2.05, 4.69) is 10.0 Å². The van der Waals surface area contributed by atoms with Crippen molar-refractivity contribution in [1.29, 1.82) is 0 Å². The van der Waals surface area contributed by atoms with E-state index in [9.17, 15) is 13.2 Å². The lowest BCUT2D eigenvalue weighted by molar-refractivity contribution is -0.114. The Bertz CT molecular complexity index is 758. The smallest absolute Gasteiger partial charge is 0.221 e. The zero-order valence-electron chi connectivity index (χ0n) is 11.1. The second-order valence-electron chi connectivity index (χ2n) is 4.22. The van der Waals surface area contributed by atoms with Crippen molar-refractivity contribution in [3.8, 4) is 0 Å². The number of rotatable bonds is 4. The Balaban J connectivity index is 2.24. The molecule has 7 heteroatoms. The highest BCUT2D eigenvalue weighted by Gasteiger charge is 2.06. The molecule has 2 rings (SSSR count). The topological polar surface area (TPSA) is 77.3 Å². The van der Waals surface area contributed by atoms with E-state index in [-0.39, 0.29) is 21.5 Å². The lowest BCUT2D eigenvalue weighted by Gasteiger charge is -2.23. The highest BCUT2D eigenvalue weighted by atomic mass is 35.5. The monoisotopic (exact) mass is 323 g/mol. The quantitative estimate of drug-likeness (QED) is 0.932. The Hall–Kier alpha value is -2.05. The Morgan fingerprint density at radius 2 is 1.71 bits per heavy atom. The van der Waals surface area contributed by atoms with Crippen LogP contribution in [0, 0.1) is 0 Å². The van der Waals surface area contributed by atoms with Crippen LogP contribution in [0.1, 0.15) is 6.92 Å². The average Bonchev–Trinajstić information content (AvgIpc) is 2.41. The van der Waals surface area contributed by atoms with Gasteiger partial charge in [0.1, 0.15) is 10.0 Å². The number of sulfonamides is 1. The SMILES string of the molecule is CC(=O)Nc1ccc(S(=O)(=O)[N-]c2ccccc2Cl)cc1. The first-order valence-corrected chi connectivity index (χ1v) is 7.80. The van der Waals surface area contributed by atoms with E-state index in [1.54, 1.807) is 18.2 Å². The molecular weight excluding hydrogens is 312 g/mol. The van der Waals surface area contributed by atoms with Gasteiger partial charge in [-0.15, -0.1) is 5.69 Å². The van der Waals surface area contributed by atoms with Crippen LogP contribution in [0.4, 0.5) is 11.4 Å². The van der Waals surface area contributed by atoms with Gasteiger partial charge >= 0.3 is 0 Å². The summed E-state index contributed by atoms with van der Waals surface area (Å²) in [6, 6.07) is 12.2. The van der Waals surface area contributed by atoms with Crippen LogP contribution < -0.4 is 5.32 Å². The van der Waals surface area contributed by atoms with Gasteiger partial charge in [0.2, 0.25) is 5.91 Å². The molecule has 1 N–H and O–H groups in total. The summed E-state index contributed by atoms with van der Waals surface area (Å²) in [5, 5.41) is 2.82. The fourth-order valence-corrected chi connectivity index (χ4v) is 2.85. The van der Waals surface area contributed by atoms with E-state index in [1.165, 1.54) is 37.3 Å². The van der Waals surface area contributed by atoms with Crippen molar-refractivity contribution < 1.29 is 13.2 Å². The number of carbonyl (C=O) groups is 1. The van der Waals surface area contributed by atoms with Gasteiger partial charge in [-0.1, -0.05) is 29.8 Å². The van der Waals surface area contributed by atoms with E-state index < -0.39 is 10.0 Å². The summed E-state index contributed by atoms with van der Waals surface area (Å²) in [4.78, 5) is 10.9. The average molecular weight is 324 g/mol. The van der Waals surface area contributed by atoms with Gasteiger partial charge < -0.3 is 10.0 Å². The molecule has 0 spiro atoms. The molecule has 0 bridgehead atoms. The van der Waals surface area contributed by atoms with Gasteiger partial charge in [0.15, 0.2) is 0 Å². The van der Waals surface area contributed by atoms with E-state index >= 15 is 0 Å². The number of nitrogens with zero attached hydrogens (tertiary/aromatic N) is 1. The van der Waals surface area contributed by atoms with Crippen molar-refractivity contribution in [2.45, 2.75) is 11.8 Å². The predicted octanol–water partition coefficient (Wildman–Crippen LogP) is 3.69. The van der Waals surface area contributed by atoms with E-state index in [1.807, 2.05) is 0 Å². The first-order valence-electron chi connectivity index (χ1n) is 5.99. The van der Waals surface area contributed by atoms with Crippen LogP contribution in [-0.2, 0) is 14.8 Å². The van der Waals surface area contributed by atoms with Gasteiger partial charge in [0.05, 0.1) is 4.90 Å². The number of hydrogen-bond acceptors (Lipinski definition) is 3. The second-order valence-corrected chi connectivity index (χ2v) is 6.23. The number of amides is 1. The van der Waals surface area contributed by atoms with Crippen LogP contribution in [0.3, 0.4) is 0 Å². The number of hydrogen-bond donors (Lipinski definition) is 1. The van der Waals surface area contributed by atoms with Gasteiger partial charge in [0, 0.05) is 17.6 Å². The zero-order valence-corrected chi connectivity index (χ0v) is 12.6. The lowest BCUT2D eigenvalue weighted by Crippen LogP contribution is -2.06. The summed E-state index contributed by atoms with van der Waals surface area (Å²) < 4.78 is 28.1. The predicted molar refractivity (Wildman–Crippen MR) is 82.4 cm³/mol. The van der Waals surface area contributed by atoms with E-state index in [0.29, 0.717) is 5.69 Å². The number of nitrogens with one attached hydrogen (secondary N) is 1. The summed E-state index contributed by atoms with van der Waals surface area (Å²) in [5.41, 5.74) is 0.698. The van der Waals surface area contributed by atoms with Crippen molar-refractivity contribution in [3.05, 3.63) is 58.3 Å². The molecule has 0 atom stereocenters. The summed E-state index contributed by atoms with van der Waals surface area (Å²) in [6.07, 6.45) is 0. The van der Waals surface area contributed by atoms with Crippen LogP contribution in [0.5, 0.6) is 0 Å². The van der Waals surface area contributed by atoms with Crippen LogP contribution in [0.25, 0.3) is 4.72 Å². The highest BCUT2D eigenvalue weighted by Crippen LogP contribution is 2.33. The normalized spacial score (nSPS) is 11.0. The maximum Gasteiger partial charge on any atom is 0.221 e. The molecule has 1 amide bonds. The first-order chi connectivity index (χ1) is 9.88. The molecule has 0 fully saturated rings. The molecule has 0 saturated carbocycles. The standard InChI is InChI=1S/C14H12ClN2O3S/c1-10(18)16-11-6-8-12(9-7-11)21(19,20)17-14-5-3-2-4-13(14)15/h2-9H,1H3,(H,16,18)/q-1. The minimum Gasteiger partial charge on any atom is -0.572 e. The number of benzene rings is 2. The third kappa shape index (κ3) is 3.96. The molecule has 21 heavy (non-hydrogen) atoms. The molecule has 0 heterocycles. The third-order valence-electron chi connectivity index (χ3n) is 2.54. The Morgan fingerprint density at radius 3 is 2.29 bits per heavy atom. The van der Waals surface area contributed by atoms with Gasteiger partial charge in [-0.25, -0.2) is 8.42 Å². The minimum absolute atomic E-state index is 0.0246. The van der Waals surface area contributed by atoms with Crippen molar-refractivity contribution in [2.24, 2.45) is 0 Å². The van der Waals surface area contributed by atoms with E-state index in [0.717, 1.165) is 0 Å². The number of carbonyl (C=O) groups excluding carboxylic acids is 1. The van der Waals surface area contributed by atoms with Crippen LogP contribution in [-0.4, -0.2) is 14.3 Å². The number of anilines is 1. The van der Waals surface area contributed by atoms with Crippen molar-refractivity contribution >= 4 is 38.9 Å². The molecule has 0 aromatic heterocycles.